The van der Waals surface area contributed by atoms with E-state index in [1.165, 1.54) is 11.1 Å². The predicted octanol–water partition coefficient (Wildman–Crippen LogP) is 5.48. The first kappa shape index (κ1) is 22.2. The maximum Gasteiger partial charge on any atom is 0.337 e. The van der Waals surface area contributed by atoms with Crippen LogP contribution in [0.5, 0.6) is 5.75 Å². The minimum Gasteiger partial charge on any atom is -0.489 e. The first-order valence-electron chi connectivity index (χ1n) is 10.6. The van der Waals surface area contributed by atoms with Gasteiger partial charge in [0.15, 0.2) is 0 Å². The van der Waals surface area contributed by atoms with Crippen LogP contribution in [-0.2, 0) is 26.6 Å². The minimum atomic E-state index is -0.921. The zero-order chi connectivity index (χ0) is 22.8. The summed E-state index contributed by atoms with van der Waals surface area (Å²) in [6.45, 7) is 8.55. The number of hydrogen-bond acceptors (Lipinski definition) is 3. The maximum absolute atomic E-state index is 11.6. The summed E-state index contributed by atoms with van der Waals surface area (Å²) in [6.07, 6.45) is 2.68. The second kappa shape index (κ2) is 9.23. The second-order valence-corrected chi connectivity index (χ2v) is 8.58. The largest absolute Gasteiger partial charge is 0.489 e. The zero-order valence-corrected chi connectivity index (χ0v) is 19.2. The fourth-order valence-corrected chi connectivity index (χ4v) is 4.56. The van der Waals surface area contributed by atoms with Crippen molar-refractivity contribution in [2.24, 2.45) is 7.05 Å². The van der Waals surface area contributed by atoms with Gasteiger partial charge in [-0.1, -0.05) is 42.5 Å². The molecule has 2 aromatic carbocycles. The third-order valence-corrected chi connectivity index (χ3v) is 6.40. The van der Waals surface area contributed by atoms with Crippen molar-refractivity contribution >= 4 is 17.6 Å². The van der Waals surface area contributed by atoms with Crippen molar-refractivity contribution in [2.75, 3.05) is 13.2 Å². The number of carboxylic acid groups (broad SMARTS) is 1. The number of carbonyl (C=O) groups is 1. The van der Waals surface area contributed by atoms with Crippen LogP contribution in [0.4, 0.5) is 0 Å². The van der Waals surface area contributed by atoms with E-state index in [1.54, 1.807) is 12.1 Å². The molecule has 0 spiro atoms. The Bertz CT molecular complexity index is 1180. The molecule has 0 amide bonds. The standard InChI is InChI=1S/C26H27ClN2O3/c1-4-12-32-25-7-5-6-18-15-29(11-10-21(18)25)16-19-8-9-20(27)13-23(19)24-14-22(26(30)31)17(2)28(24)3/h4-9,13-14H,1,10-12,15-16H2,2-3H3,(H,30,31). The van der Waals surface area contributed by atoms with Crippen molar-refractivity contribution in [3.8, 4) is 17.0 Å². The van der Waals surface area contributed by atoms with E-state index in [9.17, 15) is 9.90 Å². The Labute approximate surface area is 193 Å². The first-order valence-corrected chi connectivity index (χ1v) is 11.0. The lowest BCUT2D eigenvalue weighted by atomic mass is 9.97. The predicted molar refractivity (Wildman–Crippen MR) is 128 cm³/mol. The highest BCUT2D eigenvalue weighted by atomic mass is 35.5. The number of carboxylic acids is 1. The summed E-state index contributed by atoms with van der Waals surface area (Å²) in [6, 6.07) is 13.8. The van der Waals surface area contributed by atoms with E-state index in [1.807, 2.05) is 48.9 Å². The SMILES string of the molecule is C=CCOc1cccc2c1CCN(Cc1ccc(Cl)cc1-c1cc(C(=O)O)c(C)n1C)C2. The van der Waals surface area contributed by atoms with Gasteiger partial charge in [-0.3, -0.25) is 4.90 Å². The van der Waals surface area contributed by atoms with E-state index in [0.29, 0.717) is 17.2 Å². The van der Waals surface area contributed by atoms with Crippen molar-refractivity contribution in [1.29, 1.82) is 0 Å². The molecule has 0 aliphatic carbocycles. The highest BCUT2D eigenvalue weighted by Crippen LogP contribution is 2.33. The number of rotatable bonds is 7. The molecule has 4 rings (SSSR count). The molecule has 0 saturated heterocycles. The smallest absolute Gasteiger partial charge is 0.337 e. The Kier molecular flexibility index (Phi) is 6.40. The normalized spacial score (nSPS) is 13.6. The fourth-order valence-electron chi connectivity index (χ4n) is 4.39. The van der Waals surface area contributed by atoms with Crippen molar-refractivity contribution in [3.63, 3.8) is 0 Å². The molecule has 5 nitrogen and oxygen atoms in total. The summed E-state index contributed by atoms with van der Waals surface area (Å²) < 4.78 is 7.77. The van der Waals surface area contributed by atoms with Crippen LogP contribution in [0.25, 0.3) is 11.3 Å². The molecule has 166 valence electrons. The summed E-state index contributed by atoms with van der Waals surface area (Å²) >= 11 is 6.34. The Morgan fingerprint density at radius 1 is 1.28 bits per heavy atom. The molecule has 1 aromatic heterocycles. The molecule has 3 aromatic rings. The van der Waals surface area contributed by atoms with Gasteiger partial charge >= 0.3 is 5.97 Å². The Morgan fingerprint density at radius 2 is 2.09 bits per heavy atom. The van der Waals surface area contributed by atoms with E-state index in [-0.39, 0.29) is 0 Å². The van der Waals surface area contributed by atoms with Crippen molar-refractivity contribution in [2.45, 2.75) is 26.4 Å². The van der Waals surface area contributed by atoms with Gasteiger partial charge in [0.2, 0.25) is 0 Å². The molecular weight excluding hydrogens is 424 g/mol. The average Bonchev–Trinajstić information content (AvgIpc) is 3.08. The Balaban J connectivity index is 1.63. The molecule has 0 radical (unpaired) electrons. The lowest BCUT2D eigenvalue weighted by Crippen LogP contribution is -2.30. The van der Waals surface area contributed by atoms with E-state index in [4.69, 9.17) is 16.3 Å². The molecule has 0 fully saturated rings. The number of aromatic carboxylic acids is 1. The number of halogens is 1. The van der Waals surface area contributed by atoms with E-state index < -0.39 is 5.97 Å². The van der Waals surface area contributed by atoms with Gasteiger partial charge in [-0.2, -0.15) is 0 Å². The first-order chi connectivity index (χ1) is 15.4. The highest BCUT2D eigenvalue weighted by Gasteiger charge is 2.22. The van der Waals surface area contributed by atoms with E-state index in [0.717, 1.165) is 54.3 Å². The van der Waals surface area contributed by atoms with Gasteiger partial charge in [-0.15, -0.1) is 0 Å². The van der Waals surface area contributed by atoms with Crippen LogP contribution in [0.3, 0.4) is 0 Å². The summed E-state index contributed by atoms with van der Waals surface area (Å²) in [5.41, 5.74) is 6.51. The van der Waals surface area contributed by atoms with Gasteiger partial charge in [0.1, 0.15) is 12.4 Å². The molecule has 0 unspecified atom stereocenters. The third kappa shape index (κ3) is 4.31. The molecule has 2 heterocycles. The van der Waals surface area contributed by atoms with Crippen LogP contribution in [0.2, 0.25) is 5.02 Å². The summed E-state index contributed by atoms with van der Waals surface area (Å²) in [5, 5.41) is 10.2. The van der Waals surface area contributed by atoms with Crippen molar-refractivity contribution in [1.82, 2.24) is 9.47 Å². The summed E-state index contributed by atoms with van der Waals surface area (Å²) in [7, 11) is 1.89. The second-order valence-electron chi connectivity index (χ2n) is 8.15. The third-order valence-electron chi connectivity index (χ3n) is 6.17. The van der Waals surface area contributed by atoms with Gasteiger partial charge in [0, 0.05) is 48.7 Å². The number of fused-ring (bicyclic) bond motifs is 1. The molecule has 1 aliphatic heterocycles. The Hall–Kier alpha value is -3.02. The van der Waals surface area contributed by atoms with Crippen LogP contribution in [-0.4, -0.2) is 33.7 Å². The van der Waals surface area contributed by atoms with Crippen LogP contribution in [0.15, 0.2) is 55.1 Å². The molecular formula is C26H27ClN2O3. The van der Waals surface area contributed by atoms with E-state index in [2.05, 4.69) is 17.5 Å². The molecule has 0 atom stereocenters. The average molecular weight is 451 g/mol. The molecule has 1 aliphatic rings. The van der Waals surface area contributed by atoms with Crippen LogP contribution < -0.4 is 4.74 Å². The zero-order valence-electron chi connectivity index (χ0n) is 18.4. The molecule has 0 bridgehead atoms. The van der Waals surface area contributed by atoms with Gasteiger partial charge in [0.25, 0.3) is 0 Å². The quantitative estimate of drug-likeness (QED) is 0.484. The number of nitrogens with zero attached hydrogens (tertiary/aromatic N) is 2. The molecule has 1 N–H and O–H groups in total. The fraction of sp³-hybridized carbons (Fsp3) is 0.269. The number of ether oxygens (including phenoxy) is 1. The van der Waals surface area contributed by atoms with Crippen molar-refractivity contribution in [3.05, 3.63) is 88.1 Å². The lowest BCUT2D eigenvalue weighted by molar-refractivity contribution is 0.0696. The van der Waals surface area contributed by atoms with Crippen molar-refractivity contribution < 1.29 is 14.6 Å². The molecule has 0 saturated carbocycles. The topological polar surface area (TPSA) is 54.7 Å². The highest BCUT2D eigenvalue weighted by molar-refractivity contribution is 6.30. The number of benzene rings is 2. The Morgan fingerprint density at radius 3 is 2.81 bits per heavy atom. The maximum atomic E-state index is 11.6. The van der Waals surface area contributed by atoms with Gasteiger partial charge in [-0.05, 0) is 54.3 Å². The van der Waals surface area contributed by atoms with Crippen LogP contribution in [0, 0.1) is 6.92 Å². The van der Waals surface area contributed by atoms with Crippen LogP contribution >= 0.6 is 11.6 Å². The number of hydrogen-bond donors (Lipinski definition) is 1. The molecule has 32 heavy (non-hydrogen) atoms. The summed E-state index contributed by atoms with van der Waals surface area (Å²) in [4.78, 5) is 14.0. The van der Waals surface area contributed by atoms with Gasteiger partial charge in [-0.25, -0.2) is 4.79 Å². The molecule has 6 heteroatoms. The van der Waals surface area contributed by atoms with Gasteiger partial charge < -0.3 is 14.4 Å². The lowest BCUT2D eigenvalue weighted by Gasteiger charge is -2.30. The number of aromatic nitrogens is 1. The monoisotopic (exact) mass is 450 g/mol. The van der Waals surface area contributed by atoms with Crippen LogP contribution in [0.1, 0.15) is 32.7 Å². The summed E-state index contributed by atoms with van der Waals surface area (Å²) in [5.74, 6) is 0.0183. The minimum absolute atomic E-state index is 0.312. The van der Waals surface area contributed by atoms with Gasteiger partial charge in [0.05, 0.1) is 5.56 Å². The van der Waals surface area contributed by atoms with E-state index >= 15 is 0 Å².